The van der Waals surface area contributed by atoms with Crippen molar-refractivity contribution in [2.75, 3.05) is 0 Å². The van der Waals surface area contributed by atoms with Crippen LogP contribution in [-0.4, -0.2) is 31.4 Å². The average molecular weight is 337 g/mol. The van der Waals surface area contributed by atoms with Crippen molar-refractivity contribution in [3.05, 3.63) is 35.6 Å². The largest absolute Gasteiger partial charge is 0.351 e. The number of carbonyl (C=O) groups is 1. The van der Waals surface area contributed by atoms with Crippen LogP contribution in [0.3, 0.4) is 0 Å². The summed E-state index contributed by atoms with van der Waals surface area (Å²) in [5, 5.41) is 14.7. The highest BCUT2D eigenvalue weighted by Crippen LogP contribution is 2.21. The standard InChI is InChI=1S/C15H20FN5OS/c1-10(2)9-21-15(18-19-20-21)23-11(3)14(22)17-8-12-4-6-13(16)7-5-12/h4-7,10-11H,8-9H2,1-3H3,(H,17,22)/t11-/m1/s1. The van der Waals surface area contributed by atoms with Crippen LogP contribution in [0.5, 0.6) is 0 Å². The van der Waals surface area contributed by atoms with Gasteiger partial charge in [0.1, 0.15) is 5.82 Å². The number of nitrogens with one attached hydrogen (secondary N) is 1. The number of rotatable bonds is 7. The third-order valence-electron chi connectivity index (χ3n) is 3.07. The molecule has 1 amide bonds. The molecule has 1 heterocycles. The van der Waals surface area contributed by atoms with Crippen molar-refractivity contribution in [1.82, 2.24) is 25.5 Å². The molecule has 23 heavy (non-hydrogen) atoms. The summed E-state index contributed by atoms with van der Waals surface area (Å²) in [6.45, 7) is 7.03. The zero-order chi connectivity index (χ0) is 16.8. The highest BCUT2D eigenvalue weighted by atomic mass is 32.2. The zero-order valence-corrected chi connectivity index (χ0v) is 14.2. The van der Waals surface area contributed by atoms with Crippen LogP contribution < -0.4 is 5.32 Å². The van der Waals surface area contributed by atoms with Crippen LogP contribution >= 0.6 is 11.8 Å². The van der Waals surface area contributed by atoms with Crippen LogP contribution in [0.25, 0.3) is 0 Å². The summed E-state index contributed by atoms with van der Waals surface area (Å²) in [6.07, 6.45) is 0. The number of hydrogen-bond donors (Lipinski definition) is 1. The molecule has 0 radical (unpaired) electrons. The van der Waals surface area contributed by atoms with Gasteiger partial charge in [0.2, 0.25) is 11.1 Å². The van der Waals surface area contributed by atoms with Crippen molar-refractivity contribution in [2.24, 2.45) is 5.92 Å². The highest BCUT2D eigenvalue weighted by molar-refractivity contribution is 8.00. The molecular formula is C15H20FN5OS. The van der Waals surface area contributed by atoms with Gasteiger partial charge in [-0.15, -0.1) is 5.10 Å². The number of tetrazole rings is 1. The first kappa shape index (κ1) is 17.4. The number of thioether (sulfide) groups is 1. The first-order valence-electron chi connectivity index (χ1n) is 7.40. The van der Waals surface area contributed by atoms with Gasteiger partial charge in [0, 0.05) is 13.1 Å². The van der Waals surface area contributed by atoms with E-state index in [9.17, 15) is 9.18 Å². The lowest BCUT2D eigenvalue weighted by atomic mass is 10.2. The van der Waals surface area contributed by atoms with Crippen molar-refractivity contribution < 1.29 is 9.18 Å². The molecule has 124 valence electrons. The first-order chi connectivity index (χ1) is 11.0. The van der Waals surface area contributed by atoms with E-state index in [4.69, 9.17) is 0 Å². The van der Waals surface area contributed by atoms with E-state index >= 15 is 0 Å². The number of hydrogen-bond acceptors (Lipinski definition) is 5. The number of aromatic nitrogens is 4. The molecule has 2 rings (SSSR count). The minimum Gasteiger partial charge on any atom is -0.351 e. The van der Waals surface area contributed by atoms with Gasteiger partial charge in [0.25, 0.3) is 0 Å². The predicted molar refractivity (Wildman–Crippen MR) is 86.2 cm³/mol. The molecule has 1 aromatic carbocycles. The van der Waals surface area contributed by atoms with Crippen molar-refractivity contribution in [3.8, 4) is 0 Å². The van der Waals surface area contributed by atoms with Crippen molar-refractivity contribution in [3.63, 3.8) is 0 Å². The molecule has 0 fully saturated rings. The van der Waals surface area contributed by atoms with E-state index in [2.05, 4.69) is 34.7 Å². The van der Waals surface area contributed by atoms with Gasteiger partial charge in [0.05, 0.1) is 5.25 Å². The number of nitrogens with zero attached hydrogens (tertiary/aromatic N) is 4. The molecule has 0 aliphatic heterocycles. The fourth-order valence-electron chi connectivity index (χ4n) is 1.89. The summed E-state index contributed by atoms with van der Waals surface area (Å²) in [5.74, 6) is 0.0138. The van der Waals surface area contributed by atoms with Crippen LogP contribution in [0, 0.1) is 11.7 Å². The van der Waals surface area contributed by atoms with Crippen LogP contribution in [0.2, 0.25) is 0 Å². The molecule has 2 aromatic rings. The number of halogens is 1. The second-order valence-corrected chi connectivity index (χ2v) is 6.95. The third-order valence-corrected chi connectivity index (χ3v) is 4.14. The molecule has 0 aliphatic carbocycles. The fourth-order valence-corrected chi connectivity index (χ4v) is 2.71. The maximum absolute atomic E-state index is 12.8. The second kappa shape index (κ2) is 8.05. The first-order valence-corrected chi connectivity index (χ1v) is 8.28. The minimum absolute atomic E-state index is 0.113. The fraction of sp³-hybridized carbons (Fsp3) is 0.467. The van der Waals surface area contributed by atoms with E-state index in [1.807, 2.05) is 0 Å². The monoisotopic (exact) mass is 337 g/mol. The zero-order valence-electron chi connectivity index (χ0n) is 13.4. The van der Waals surface area contributed by atoms with E-state index in [1.54, 1.807) is 23.7 Å². The third kappa shape index (κ3) is 5.31. The summed E-state index contributed by atoms with van der Waals surface area (Å²) in [5.41, 5.74) is 0.849. The van der Waals surface area contributed by atoms with Gasteiger partial charge < -0.3 is 5.32 Å². The number of carbonyl (C=O) groups excluding carboxylic acids is 1. The lowest BCUT2D eigenvalue weighted by Gasteiger charge is -2.12. The van der Waals surface area contributed by atoms with Gasteiger partial charge in [0.15, 0.2) is 0 Å². The smallest absolute Gasteiger partial charge is 0.233 e. The summed E-state index contributed by atoms with van der Waals surface area (Å²) in [7, 11) is 0. The van der Waals surface area contributed by atoms with E-state index in [0.29, 0.717) is 24.2 Å². The highest BCUT2D eigenvalue weighted by Gasteiger charge is 2.18. The quantitative estimate of drug-likeness (QED) is 0.785. The van der Waals surface area contributed by atoms with Crippen LogP contribution in [0.1, 0.15) is 26.3 Å². The van der Waals surface area contributed by atoms with Crippen molar-refractivity contribution in [1.29, 1.82) is 0 Å². The molecule has 8 heteroatoms. The van der Waals surface area contributed by atoms with Gasteiger partial charge >= 0.3 is 0 Å². The summed E-state index contributed by atoms with van der Waals surface area (Å²) >= 11 is 1.32. The molecule has 0 aliphatic rings. The Labute approximate surface area is 138 Å². The molecule has 0 bridgehead atoms. The maximum atomic E-state index is 12.8. The SMILES string of the molecule is CC(C)Cn1nnnc1S[C@H](C)C(=O)NCc1ccc(F)cc1. The average Bonchev–Trinajstić information content (AvgIpc) is 2.92. The molecule has 0 unspecified atom stereocenters. The predicted octanol–water partition coefficient (Wildman–Crippen LogP) is 2.27. The van der Waals surface area contributed by atoms with Crippen LogP contribution in [0.4, 0.5) is 4.39 Å². The maximum Gasteiger partial charge on any atom is 0.233 e. The Hall–Kier alpha value is -1.96. The molecular weight excluding hydrogens is 317 g/mol. The number of benzene rings is 1. The lowest BCUT2D eigenvalue weighted by molar-refractivity contribution is -0.120. The molecule has 0 saturated heterocycles. The van der Waals surface area contributed by atoms with Gasteiger partial charge in [-0.05, 0) is 41.0 Å². The van der Waals surface area contributed by atoms with Crippen LogP contribution in [-0.2, 0) is 17.9 Å². The van der Waals surface area contributed by atoms with E-state index in [-0.39, 0.29) is 17.0 Å². The Balaban J connectivity index is 1.87. The normalized spacial score (nSPS) is 12.4. The molecule has 1 atom stereocenters. The Bertz CT molecular complexity index is 644. The van der Waals surface area contributed by atoms with Crippen LogP contribution in [0.15, 0.2) is 29.4 Å². The molecule has 0 saturated carbocycles. The van der Waals surface area contributed by atoms with E-state index in [0.717, 1.165) is 5.56 Å². The van der Waals surface area contributed by atoms with Gasteiger partial charge in [-0.25, -0.2) is 9.07 Å². The van der Waals surface area contributed by atoms with Crippen molar-refractivity contribution in [2.45, 2.75) is 44.3 Å². The van der Waals surface area contributed by atoms with Gasteiger partial charge in [-0.1, -0.05) is 37.7 Å². The number of amides is 1. The summed E-state index contributed by atoms with van der Waals surface area (Å²) in [6, 6.07) is 6.05. The van der Waals surface area contributed by atoms with Gasteiger partial charge in [-0.2, -0.15) is 0 Å². The lowest BCUT2D eigenvalue weighted by Crippen LogP contribution is -2.30. The minimum atomic E-state index is -0.327. The van der Waals surface area contributed by atoms with E-state index in [1.165, 1.54) is 23.9 Å². The molecule has 6 nitrogen and oxygen atoms in total. The summed E-state index contributed by atoms with van der Waals surface area (Å²) in [4.78, 5) is 12.2. The Kier molecular flexibility index (Phi) is 6.09. The van der Waals surface area contributed by atoms with Gasteiger partial charge in [-0.3, -0.25) is 4.79 Å². The molecule has 0 spiro atoms. The topological polar surface area (TPSA) is 72.7 Å². The Morgan fingerprint density at radius 3 is 2.65 bits per heavy atom. The van der Waals surface area contributed by atoms with E-state index < -0.39 is 0 Å². The molecule has 1 N–H and O–H groups in total. The Morgan fingerprint density at radius 1 is 1.30 bits per heavy atom. The molecule has 1 aromatic heterocycles. The Morgan fingerprint density at radius 2 is 2.00 bits per heavy atom. The summed E-state index contributed by atoms with van der Waals surface area (Å²) < 4.78 is 14.5. The second-order valence-electron chi connectivity index (χ2n) is 5.64. The van der Waals surface area contributed by atoms with Crippen molar-refractivity contribution >= 4 is 17.7 Å².